The molecule has 0 atom stereocenters. The highest BCUT2D eigenvalue weighted by molar-refractivity contribution is 7.90. The van der Waals surface area contributed by atoms with Gasteiger partial charge in [0.25, 0.3) is 0 Å². The standard InChI is InChI=1S/C23H18O3S2/c1-15-7-3-4-8-18(15)21-22(16-11-13-17(14-12-16)28(2,24)25)26-20-10-6-5-9-19(20)23(21)27/h3-14H,1-2H3. The zero-order chi connectivity index (χ0) is 19.9. The van der Waals surface area contributed by atoms with E-state index in [2.05, 4.69) is 0 Å². The van der Waals surface area contributed by atoms with Crippen LogP contribution in [0.4, 0.5) is 0 Å². The summed E-state index contributed by atoms with van der Waals surface area (Å²) in [4.78, 5) is 0.271. The van der Waals surface area contributed by atoms with Crippen molar-refractivity contribution in [3.63, 3.8) is 0 Å². The van der Waals surface area contributed by atoms with E-state index in [0.29, 0.717) is 11.3 Å². The lowest BCUT2D eigenvalue weighted by molar-refractivity contribution is 0.601. The van der Waals surface area contributed by atoms with E-state index in [1.54, 1.807) is 24.3 Å². The van der Waals surface area contributed by atoms with E-state index in [4.69, 9.17) is 16.6 Å². The maximum absolute atomic E-state index is 11.8. The summed E-state index contributed by atoms with van der Waals surface area (Å²) in [6.07, 6.45) is 1.20. The van der Waals surface area contributed by atoms with Gasteiger partial charge in [0, 0.05) is 22.8 Å². The molecule has 28 heavy (non-hydrogen) atoms. The first-order chi connectivity index (χ1) is 13.4. The van der Waals surface area contributed by atoms with Gasteiger partial charge in [0.15, 0.2) is 9.84 Å². The van der Waals surface area contributed by atoms with Gasteiger partial charge in [-0.1, -0.05) is 48.6 Å². The maximum Gasteiger partial charge on any atom is 0.175 e. The molecule has 3 aromatic carbocycles. The summed E-state index contributed by atoms with van der Waals surface area (Å²) in [7, 11) is -3.26. The molecule has 140 valence electrons. The number of para-hydroxylation sites is 1. The van der Waals surface area contributed by atoms with Crippen LogP contribution < -0.4 is 0 Å². The third kappa shape index (κ3) is 3.28. The van der Waals surface area contributed by atoms with Crippen LogP contribution in [-0.2, 0) is 9.84 Å². The fourth-order valence-corrected chi connectivity index (χ4v) is 4.30. The molecule has 0 unspecified atom stereocenters. The SMILES string of the molecule is Cc1ccccc1-c1c(-c2ccc(S(C)(=O)=O)cc2)oc2ccccc2c1=S. The van der Waals surface area contributed by atoms with Gasteiger partial charge in [-0.3, -0.25) is 0 Å². The normalized spacial score (nSPS) is 11.6. The number of rotatable bonds is 3. The first-order valence-electron chi connectivity index (χ1n) is 8.78. The van der Waals surface area contributed by atoms with Crippen molar-refractivity contribution in [2.24, 2.45) is 0 Å². The molecule has 3 nitrogen and oxygen atoms in total. The molecule has 0 N–H and O–H groups in total. The molecule has 0 bridgehead atoms. The highest BCUT2D eigenvalue weighted by Gasteiger charge is 2.17. The zero-order valence-corrected chi connectivity index (χ0v) is 17.1. The van der Waals surface area contributed by atoms with Gasteiger partial charge in [0.2, 0.25) is 0 Å². The van der Waals surface area contributed by atoms with Crippen molar-refractivity contribution >= 4 is 33.0 Å². The Morgan fingerprint density at radius 2 is 1.50 bits per heavy atom. The van der Waals surface area contributed by atoms with Crippen LogP contribution in [0.1, 0.15) is 5.56 Å². The summed E-state index contributed by atoms with van der Waals surface area (Å²) < 4.78 is 30.6. The van der Waals surface area contributed by atoms with Crippen molar-refractivity contribution in [1.82, 2.24) is 0 Å². The van der Waals surface area contributed by atoms with E-state index in [9.17, 15) is 8.42 Å². The van der Waals surface area contributed by atoms with E-state index in [1.165, 1.54) is 6.26 Å². The lowest BCUT2D eigenvalue weighted by atomic mass is 9.96. The van der Waals surface area contributed by atoms with Crippen molar-refractivity contribution in [3.8, 4) is 22.5 Å². The van der Waals surface area contributed by atoms with Gasteiger partial charge in [-0.15, -0.1) is 0 Å². The number of sulfone groups is 1. The number of fused-ring (bicyclic) bond motifs is 1. The molecule has 4 aromatic rings. The lowest BCUT2D eigenvalue weighted by Crippen LogP contribution is -1.97. The Kier molecular flexibility index (Phi) is 4.65. The molecule has 1 heterocycles. The quantitative estimate of drug-likeness (QED) is 0.380. The van der Waals surface area contributed by atoms with Crippen molar-refractivity contribution in [2.45, 2.75) is 11.8 Å². The lowest BCUT2D eigenvalue weighted by Gasteiger charge is -2.14. The Hall–Kier alpha value is -2.76. The van der Waals surface area contributed by atoms with Gasteiger partial charge in [0.1, 0.15) is 11.3 Å². The minimum Gasteiger partial charge on any atom is -0.455 e. The first-order valence-corrected chi connectivity index (χ1v) is 11.1. The minimum atomic E-state index is -3.26. The average Bonchev–Trinajstić information content (AvgIpc) is 2.68. The van der Waals surface area contributed by atoms with Gasteiger partial charge in [-0.05, 0) is 54.4 Å². The monoisotopic (exact) mass is 406 g/mol. The predicted molar refractivity (Wildman–Crippen MR) is 116 cm³/mol. The van der Waals surface area contributed by atoms with E-state index in [0.717, 1.165) is 32.2 Å². The summed E-state index contributed by atoms with van der Waals surface area (Å²) in [5.74, 6) is 0.637. The van der Waals surface area contributed by atoms with Crippen LogP contribution in [-0.4, -0.2) is 14.7 Å². The molecule has 0 fully saturated rings. The molecule has 0 saturated heterocycles. The first kappa shape index (κ1) is 18.6. The molecule has 0 saturated carbocycles. The van der Waals surface area contributed by atoms with Gasteiger partial charge in [0.05, 0.1) is 9.41 Å². The van der Waals surface area contributed by atoms with Gasteiger partial charge in [-0.25, -0.2) is 8.42 Å². The van der Waals surface area contributed by atoms with E-state index in [-0.39, 0.29) is 4.90 Å². The Bertz CT molecular complexity index is 1350. The van der Waals surface area contributed by atoms with Gasteiger partial charge in [-0.2, -0.15) is 0 Å². The fraction of sp³-hybridized carbons (Fsp3) is 0.0870. The molecule has 5 heteroatoms. The molecule has 0 aliphatic carbocycles. The largest absolute Gasteiger partial charge is 0.455 e. The van der Waals surface area contributed by atoms with Crippen LogP contribution in [0.25, 0.3) is 33.4 Å². The average molecular weight is 407 g/mol. The number of hydrogen-bond acceptors (Lipinski definition) is 4. The van der Waals surface area contributed by atoms with Gasteiger partial charge >= 0.3 is 0 Å². The number of hydrogen-bond donors (Lipinski definition) is 0. The molecule has 0 spiro atoms. The molecular weight excluding hydrogens is 388 g/mol. The summed E-state index contributed by atoms with van der Waals surface area (Å²) >= 11 is 5.85. The molecule has 4 rings (SSSR count). The number of aryl methyl sites for hydroxylation is 1. The minimum absolute atomic E-state index is 0.271. The molecule has 0 aliphatic heterocycles. The van der Waals surface area contributed by atoms with Crippen molar-refractivity contribution < 1.29 is 12.8 Å². The molecule has 0 aliphatic rings. The van der Waals surface area contributed by atoms with Crippen LogP contribution in [0.15, 0.2) is 82.1 Å². The van der Waals surface area contributed by atoms with Crippen LogP contribution >= 0.6 is 12.2 Å². The summed E-state index contributed by atoms with van der Waals surface area (Å²) in [5.41, 5.74) is 4.42. The molecule has 0 radical (unpaired) electrons. The molecule has 1 aromatic heterocycles. The highest BCUT2D eigenvalue weighted by atomic mass is 32.2. The van der Waals surface area contributed by atoms with E-state index in [1.807, 2.05) is 55.5 Å². The Labute approximate surface area is 169 Å². The van der Waals surface area contributed by atoms with Crippen molar-refractivity contribution in [3.05, 3.63) is 82.9 Å². The fourth-order valence-electron chi connectivity index (χ4n) is 3.30. The third-order valence-electron chi connectivity index (χ3n) is 4.76. The van der Waals surface area contributed by atoms with Crippen LogP contribution in [0, 0.1) is 11.4 Å². The van der Waals surface area contributed by atoms with Crippen LogP contribution in [0.5, 0.6) is 0 Å². The third-order valence-corrected chi connectivity index (χ3v) is 6.31. The second kappa shape index (κ2) is 7.00. The predicted octanol–water partition coefficient (Wildman–Crippen LogP) is 6.21. The summed E-state index contributed by atoms with van der Waals surface area (Å²) in [6, 6.07) is 22.4. The highest BCUT2D eigenvalue weighted by Crippen LogP contribution is 2.38. The molecular formula is C23H18O3S2. The second-order valence-electron chi connectivity index (χ2n) is 6.74. The Morgan fingerprint density at radius 3 is 2.18 bits per heavy atom. The Morgan fingerprint density at radius 1 is 0.857 bits per heavy atom. The molecule has 0 amide bonds. The topological polar surface area (TPSA) is 47.3 Å². The number of benzene rings is 3. The summed E-state index contributed by atoms with van der Waals surface area (Å²) in [5, 5.41) is 0.882. The Balaban J connectivity index is 2.06. The second-order valence-corrected chi connectivity index (χ2v) is 9.17. The zero-order valence-electron chi connectivity index (χ0n) is 15.5. The van der Waals surface area contributed by atoms with Crippen LogP contribution in [0.3, 0.4) is 0 Å². The maximum atomic E-state index is 11.8. The summed E-state index contributed by atoms with van der Waals surface area (Å²) in [6.45, 7) is 2.04. The van der Waals surface area contributed by atoms with E-state index >= 15 is 0 Å². The van der Waals surface area contributed by atoms with E-state index < -0.39 is 9.84 Å². The smallest absolute Gasteiger partial charge is 0.175 e. The van der Waals surface area contributed by atoms with Crippen LogP contribution in [0.2, 0.25) is 0 Å². The van der Waals surface area contributed by atoms with Gasteiger partial charge < -0.3 is 4.42 Å². The van der Waals surface area contributed by atoms with Crippen molar-refractivity contribution in [1.29, 1.82) is 0 Å². The van der Waals surface area contributed by atoms with Crippen molar-refractivity contribution in [2.75, 3.05) is 6.26 Å².